The van der Waals surface area contributed by atoms with Crippen molar-refractivity contribution in [2.45, 2.75) is 38.0 Å². The van der Waals surface area contributed by atoms with Crippen LogP contribution in [0.1, 0.15) is 23.6 Å². The smallest absolute Gasteiger partial charge is 0.416 e. The molecule has 3 N–H and O–H groups in total. The largest absolute Gasteiger partial charge is 0.480 e. The van der Waals surface area contributed by atoms with E-state index in [0.717, 1.165) is 25.1 Å². The highest BCUT2D eigenvalue weighted by atomic mass is 19.4. The number of hydrogen-bond donors (Lipinski definition) is 3. The van der Waals surface area contributed by atoms with Gasteiger partial charge in [-0.25, -0.2) is 9.18 Å². The zero-order valence-corrected chi connectivity index (χ0v) is 16.4. The Labute approximate surface area is 175 Å². The molecule has 2 atom stereocenters. The zero-order valence-electron chi connectivity index (χ0n) is 16.4. The first kappa shape index (κ1) is 23.8. The van der Waals surface area contributed by atoms with Crippen molar-refractivity contribution in [3.63, 3.8) is 0 Å². The van der Waals surface area contributed by atoms with Crippen molar-refractivity contribution in [1.82, 2.24) is 10.6 Å². The molecule has 2 rings (SSSR count). The minimum Gasteiger partial charge on any atom is -0.480 e. The van der Waals surface area contributed by atoms with Crippen LogP contribution in [-0.2, 0) is 33.4 Å². The highest BCUT2D eigenvalue weighted by Gasteiger charge is 2.35. The summed E-state index contributed by atoms with van der Waals surface area (Å²) in [6, 6.07) is 6.77. The van der Waals surface area contributed by atoms with Gasteiger partial charge in [-0.15, -0.1) is 0 Å². The summed E-state index contributed by atoms with van der Waals surface area (Å²) in [4.78, 5) is 35.7. The summed E-state index contributed by atoms with van der Waals surface area (Å²) in [5.41, 5.74) is -0.944. The van der Waals surface area contributed by atoms with E-state index >= 15 is 0 Å². The van der Waals surface area contributed by atoms with Gasteiger partial charge in [0.25, 0.3) is 0 Å². The van der Waals surface area contributed by atoms with Crippen molar-refractivity contribution in [2.75, 3.05) is 0 Å². The van der Waals surface area contributed by atoms with Crippen LogP contribution in [0.5, 0.6) is 0 Å². The number of carboxylic acid groups (broad SMARTS) is 1. The number of carbonyl (C=O) groups excluding carboxylic acids is 2. The SMILES string of the molecule is CC(=O)N[C@H](Cc1cccc(F)c1)C(=O)N[C@@H](Cc1ccccc1C(F)(F)F)C(=O)O. The summed E-state index contributed by atoms with van der Waals surface area (Å²) in [6.07, 6.45) is -5.46. The van der Waals surface area contributed by atoms with Gasteiger partial charge in [0.05, 0.1) is 5.56 Å². The third-order valence-corrected chi connectivity index (χ3v) is 4.38. The van der Waals surface area contributed by atoms with Gasteiger partial charge < -0.3 is 15.7 Å². The molecule has 0 aromatic heterocycles. The predicted octanol–water partition coefficient (Wildman–Crippen LogP) is 2.70. The van der Waals surface area contributed by atoms with Crippen LogP contribution in [0.2, 0.25) is 0 Å². The number of carbonyl (C=O) groups is 3. The molecule has 10 heteroatoms. The van der Waals surface area contributed by atoms with Crippen LogP contribution in [0.4, 0.5) is 17.6 Å². The lowest BCUT2D eigenvalue weighted by atomic mass is 9.99. The van der Waals surface area contributed by atoms with Gasteiger partial charge in [0.1, 0.15) is 17.9 Å². The molecule has 0 aliphatic carbocycles. The van der Waals surface area contributed by atoms with Crippen LogP contribution in [0.3, 0.4) is 0 Å². The first-order valence-electron chi connectivity index (χ1n) is 9.17. The third-order valence-electron chi connectivity index (χ3n) is 4.38. The molecule has 0 unspecified atom stereocenters. The molecule has 0 fully saturated rings. The van der Waals surface area contributed by atoms with E-state index in [4.69, 9.17) is 0 Å². The molecular formula is C21H20F4N2O4. The van der Waals surface area contributed by atoms with Crippen LogP contribution in [0.25, 0.3) is 0 Å². The van der Waals surface area contributed by atoms with Gasteiger partial charge in [-0.1, -0.05) is 30.3 Å². The number of hydrogen-bond acceptors (Lipinski definition) is 3. The number of halogens is 4. The summed E-state index contributed by atoms with van der Waals surface area (Å²) in [6.45, 7) is 1.14. The normalized spacial score (nSPS) is 13.2. The van der Waals surface area contributed by atoms with Crippen molar-refractivity contribution in [1.29, 1.82) is 0 Å². The molecule has 166 valence electrons. The molecule has 6 nitrogen and oxygen atoms in total. The van der Waals surface area contributed by atoms with Crippen molar-refractivity contribution in [2.24, 2.45) is 0 Å². The molecule has 0 spiro atoms. The van der Waals surface area contributed by atoms with E-state index < -0.39 is 53.8 Å². The Morgan fingerprint density at radius 1 is 0.968 bits per heavy atom. The van der Waals surface area contributed by atoms with Gasteiger partial charge in [-0.3, -0.25) is 9.59 Å². The van der Waals surface area contributed by atoms with Crippen LogP contribution in [0.15, 0.2) is 48.5 Å². The first-order chi connectivity index (χ1) is 14.5. The maximum atomic E-state index is 13.4. The van der Waals surface area contributed by atoms with Crippen molar-refractivity contribution >= 4 is 17.8 Å². The number of carboxylic acids is 1. The maximum absolute atomic E-state index is 13.4. The van der Waals surface area contributed by atoms with Gasteiger partial charge in [0.15, 0.2) is 0 Å². The number of amides is 2. The second-order valence-electron chi connectivity index (χ2n) is 6.85. The highest BCUT2D eigenvalue weighted by molar-refractivity contribution is 5.90. The van der Waals surface area contributed by atoms with Gasteiger partial charge in [-0.05, 0) is 29.3 Å². The molecule has 2 amide bonds. The van der Waals surface area contributed by atoms with E-state index in [9.17, 15) is 37.1 Å². The first-order valence-corrected chi connectivity index (χ1v) is 9.17. The fourth-order valence-corrected chi connectivity index (χ4v) is 3.02. The lowest BCUT2D eigenvalue weighted by Crippen LogP contribution is -2.52. The van der Waals surface area contributed by atoms with Gasteiger partial charge in [0.2, 0.25) is 11.8 Å². The Morgan fingerprint density at radius 2 is 1.65 bits per heavy atom. The molecule has 0 aliphatic heterocycles. The van der Waals surface area contributed by atoms with Crippen molar-refractivity contribution < 1.29 is 37.1 Å². The predicted molar refractivity (Wildman–Crippen MR) is 102 cm³/mol. The Hall–Kier alpha value is -3.43. The number of alkyl halides is 3. The molecule has 2 aromatic rings. The molecule has 0 bridgehead atoms. The van der Waals surface area contributed by atoms with Gasteiger partial charge in [0, 0.05) is 19.8 Å². The summed E-state index contributed by atoms with van der Waals surface area (Å²) >= 11 is 0. The zero-order chi connectivity index (χ0) is 23.2. The number of rotatable bonds is 8. The summed E-state index contributed by atoms with van der Waals surface area (Å²) < 4.78 is 53.0. The molecule has 0 aliphatic rings. The lowest BCUT2D eigenvalue weighted by Gasteiger charge is -2.22. The summed E-state index contributed by atoms with van der Waals surface area (Å²) in [5.74, 6) is -3.62. The molecular weight excluding hydrogens is 420 g/mol. The fourth-order valence-electron chi connectivity index (χ4n) is 3.02. The van der Waals surface area contributed by atoms with Crippen LogP contribution >= 0.6 is 0 Å². The van der Waals surface area contributed by atoms with E-state index in [-0.39, 0.29) is 12.0 Å². The van der Waals surface area contributed by atoms with Crippen LogP contribution < -0.4 is 10.6 Å². The Morgan fingerprint density at radius 3 is 2.23 bits per heavy atom. The summed E-state index contributed by atoms with van der Waals surface area (Å²) in [5, 5.41) is 13.9. The molecule has 0 radical (unpaired) electrons. The topological polar surface area (TPSA) is 95.5 Å². The van der Waals surface area contributed by atoms with Crippen molar-refractivity contribution in [3.05, 3.63) is 71.0 Å². The van der Waals surface area contributed by atoms with Gasteiger partial charge in [-0.2, -0.15) is 13.2 Å². The molecule has 0 heterocycles. The van der Waals surface area contributed by atoms with Crippen LogP contribution in [-0.4, -0.2) is 35.0 Å². The number of benzene rings is 2. The Bertz CT molecular complexity index is 962. The van der Waals surface area contributed by atoms with Crippen LogP contribution in [0, 0.1) is 5.82 Å². The third kappa shape index (κ3) is 7.09. The number of aliphatic carboxylic acids is 1. The summed E-state index contributed by atoms with van der Waals surface area (Å²) in [7, 11) is 0. The minimum absolute atomic E-state index is 0.144. The average molecular weight is 440 g/mol. The Kier molecular flexibility index (Phi) is 7.73. The number of nitrogens with one attached hydrogen (secondary N) is 2. The Balaban J connectivity index is 2.23. The fraction of sp³-hybridized carbons (Fsp3) is 0.286. The highest BCUT2D eigenvalue weighted by Crippen LogP contribution is 2.32. The van der Waals surface area contributed by atoms with E-state index in [1.54, 1.807) is 0 Å². The van der Waals surface area contributed by atoms with E-state index in [0.29, 0.717) is 5.56 Å². The quantitative estimate of drug-likeness (QED) is 0.550. The lowest BCUT2D eigenvalue weighted by molar-refractivity contribution is -0.143. The standard InChI is InChI=1S/C21H20F4N2O4/c1-12(28)26-17(10-13-5-4-7-15(22)9-13)19(29)27-18(20(30)31)11-14-6-2-3-8-16(14)21(23,24)25/h2-9,17-18H,10-11H2,1H3,(H,26,28)(H,27,29)(H,30,31)/t17-,18+/m1/s1. The van der Waals surface area contributed by atoms with Crippen molar-refractivity contribution in [3.8, 4) is 0 Å². The molecule has 2 aromatic carbocycles. The second kappa shape index (κ2) is 10.1. The molecule has 0 saturated carbocycles. The monoisotopic (exact) mass is 440 g/mol. The van der Waals surface area contributed by atoms with E-state index in [1.807, 2.05) is 0 Å². The van der Waals surface area contributed by atoms with E-state index in [2.05, 4.69) is 10.6 Å². The average Bonchev–Trinajstić information content (AvgIpc) is 2.66. The molecule has 0 saturated heterocycles. The minimum atomic E-state index is -4.69. The second-order valence-corrected chi connectivity index (χ2v) is 6.85. The maximum Gasteiger partial charge on any atom is 0.416 e. The molecule has 31 heavy (non-hydrogen) atoms. The van der Waals surface area contributed by atoms with Gasteiger partial charge >= 0.3 is 12.1 Å². The van der Waals surface area contributed by atoms with E-state index in [1.165, 1.54) is 30.3 Å².